The highest BCUT2D eigenvalue weighted by Crippen LogP contribution is 2.22. The van der Waals surface area contributed by atoms with Crippen molar-refractivity contribution in [2.75, 3.05) is 51.2 Å². The van der Waals surface area contributed by atoms with Crippen molar-refractivity contribution in [2.24, 2.45) is 0 Å². The molecule has 0 spiro atoms. The van der Waals surface area contributed by atoms with Crippen LogP contribution in [-0.2, 0) is 11.3 Å². The van der Waals surface area contributed by atoms with Crippen LogP contribution in [-0.4, -0.2) is 83.8 Å². The molecule has 4 rings (SSSR count). The van der Waals surface area contributed by atoms with E-state index in [1.807, 2.05) is 59.6 Å². The number of benzene rings is 1. The lowest BCUT2D eigenvalue weighted by Crippen LogP contribution is -2.59. The standard InChI is InChI=1S/C24H34N6O2/c1-18-15-19(2)30(26-18)12-9-25-23(31)22-17-29(14-13-27(22)3)24(32)20-7-6-8-21(16-20)28-10-4-5-11-28/h6-8,15-16,22H,4-5,9-14,17H2,1-3H3,(H,25,31)/t22-/m1/s1. The lowest BCUT2D eigenvalue weighted by Gasteiger charge is -2.38. The van der Waals surface area contributed by atoms with Gasteiger partial charge >= 0.3 is 0 Å². The van der Waals surface area contributed by atoms with Crippen molar-refractivity contribution < 1.29 is 9.59 Å². The Bertz CT molecular complexity index is 965. The SMILES string of the molecule is Cc1cc(C)n(CCNC(=O)[C@H]2CN(C(=O)c3cccc(N4CCCC4)c3)CCN2C)n1. The minimum atomic E-state index is -0.352. The third-order valence-corrected chi connectivity index (χ3v) is 6.53. The Morgan fingerprint density at radius 3 is 2.59 bits per heavy atom. The Hall–Kier alpha value is -2.87. The van der Waals surface area contributed by atoms with Crippen LogP contribution in [0.4, 0.5) is 5.69 Å². The molecule has 1 aromatic carbocycles. The van der Waals surface area contributed by atoms with E-state index < -0.39 is 0 Å². The van der Waals surface area contributed by atoms with E-state index in [1.165, 1.54) is 12.8 Å². The van der Waals surface area contributed by atoms with Gasteiger partial charge < -0.3 is 15.1 Å². The molecule has 1 N–H and O–H groups in total. The summed E-state index contributed by atoms with van der Waals surface area (Å²) in [7, 11) is 1.95. The lowest BCUT2D eigenvalue weighted by atomic mass is 10.1. The molecular weight excluding hydrogens is 404 g/mol. The largest absolute Gasteiger partial charge is 0.372 e. The van der Waals surface area contributed by atoms with E-state index in [1.54, 1.807) is 0 Å². The minimum Gasteiger partial charge on any atom is -0.372 e. The van der Waals surface area contributed by atoms with Gasteiger partial charge in [0.15, 0.2) is 0 Å². The molecule has 2 fully saturated rings. The summed E-state index contributed by atoms with van der Waals surface area (Å²) in [5.41, 5.74) is 3.87. The number of hydrogen-bond donors (Lipinski definition) is 1. The zero-order valence-corrected chi connectivity index (χ0v) is 19.4. The van der Waals surface area contributed by atoms with E-state index >= 15 is 0 Å². The fourth-order valence-corrected chi connectivity index (χ4v) is 4.64. The number of anilines is 1. The molecule has 8 nitrogen and oxygen atoms in total. The van der Waals surface area contributed by atoms with Gasteiger partial charge in [-0.15, -0.1) is 0 Å². The lowest BCUT2D eigenvalue weighted by molar-refractivity contribution is -0.127. The van der Waals surface area contributed by atoms with E-state index in [0.29, 0.717) is 38.3 Å². The maximum atomic E-state index is 13.2. The second-order valence-electron chi connectivity index (χ2n) is 8.93. The minimum absolute atomic E-state index is 0.000381. The van der Waals surface area contributed by atoms with Gasteiger partial charge in [0.05, 0.1) is 12.2 Å². The first-order valence-corrected chi connectivity index (χ1v) is 11.6. The van der Waals surface area contributed by atoms with Crippen molar-refractivity contribution >= 4 is 17.5 Å². The molecule has 3 heterocycles. The summed E-state index contributed by atoms with van der Waals surface area (Å²) in [5, 5.41) is 7.46. The Morgan fingerprint density at radius 2 is 1.88 bits per heavy atom. The first kappa shape index (κ1) is 22.3. The van der Waals surface area contributed by atoms with Gasteiger partial charge in [0.2, 0.25) is 5.91 Å². The number of nitrogens with zero attached hydrogens (tertiary/aromatic N) is 5. The number of likely N-dealkylation sites (N-methyl/N-ethyl adjacent to an activating group) is 1. The molecule has 0 radical (unpaired) electrons. The van der Waals surface area contributed by atoms with Gasteiger partial charge in [-0.2, -0.15) is 5.10 Å². The van der Waals surface area contributed by atoms with Gasteiger partial charge in [0.25, 0.3) is 5.91 Å². The van der Waals surface area contributed by atoms with Crippen molar-refractivity contribution in [2.45, 2.75) is 39.3 Å². The monoisotopic (exact) mass is 438 g/mol. The molecule has 172 valence electrons. The smallest absolute Gasteiger partial charge is 0.254 e. The molecule has 2 aliphatic rings. The molecule has 2 aliphatic heterocycles. The van der Waals surface area contributed by atoms with E-state index in [0.717, 1.165) is 30.2 Å². The Kier molecular flexibility index (Phi) is 6.79. The highest BCUT2D eigenvalue weighted by atomic mass is 16.2. The van der Waals surface area contributed by atoms with Gasteiger partial charge in [0, 0.05) is 56.2 Å². The van der Waals surface area contributed by atoms with Crippen LogP contribution in [0.1, 0.15) is 34.6 Å². The molecule has 8 heteroatoms. The fraction of sp³-hybridized carbons (Fsp3) is 0.542. The summed E-state index contributed by atoms with van der Waals surface area (Å²) in [4.78, 5) is 32.3. The molecule has 0 unspecified atom stereocenters. The van der Waals surface area contributed by atoms with Crippen molar-refractivity contribution in [1.82, 2.24) is 24.9 Å². The maximum absolute atomic E-state index is 13.2. The maximum Gasteiger partial charge on any atom is 0.254 e. The van der Waals surface area contributed by atoms with Gasteiger partial charge in [-0.3, -0.25) is 19.2 Å². The molecule has 0 bridgehead atoms. The van der Waals surface area contributed by atoms with E-state index in [4.69, 9.17) is 0 Å². The normalized spacial score (nSPS) is 19.4. The third kappa shape index (κ3) is 4.96. The van der Waals surface area contributed by atoms with Crippen LogP contribution in [0.25, 0.3) is 0 Å². The Labute approximate surface area is 190 Å². The topological polar surface area (TPSA) is 73.7 Å². The van der Waals surface area contributed by atoms with Crippen LogP contribution in [0.3, 0.4) is 0 Å². The molecule has 2 amide bonds. The third-order valence-electron chi connectivity index (χ3n) is 6.53. The van der Waals surface area contributed by atoms with Crippen LogP contribution in [0.15, 0.2) is 30.3 Å². The highest BCUT2D eigenvalue weighted by Gasteiger charge is 2.32. The second kappa shape index (κ2) is 9.73. The number of hydrogen-bond acceptors (Lipinski definition) is 5. The zero-order valence-electron chi connectivity index (χ0n) is 19.4. The Balaban J connectivity index is 1.36. The Morgan fingerprint density at radius 1 is 1.09 bits per heavy atom. The van der Waals surface area contributed by atoms with Crippen LogP contribution in [0, 0.1) is 13.8 Å². The highest BCUT2D eigenvalue weighted by molar-refractivity contribution is 5.96. The van der Waals surface area contributed by atoms with Crippen LogP contribution < -0.4 is 10.2 Å². The summed E-state index contributed by atoms with van der Waals surface area (Å²) >= 11 is 0. The summed E-state index contributed by atoms with van der Waals surface area (Å²) in [6.45, 7) is 8.91. The zero-order chi connectivity index (χ0) is 22.7. The van der Waals surface area contributed by atoms with Crippen LogP contribution in [0.2, 0.25) is 0 Å². The number of nitrogens with one attached hydrogen (secondary N) is 1. The van der Waals surface area contributed by atoms with Crippen molar-refractivity contribution in [1.29, 1.82) is 0 Å². The van der Waals surface area contributed by atoms with Crippen LogP contribution >= 0.6 is 0 Å². The first-order valence-electron chi connectivity index (χ1n) is 11.6. The number of rotatable bonds is 6. The van der Waals surface area contributed by atoms with Crippen molar-refractivity contribution in [3.8, 4) is 0 Å². The number of piperazine rings is 1. The number of carbonyl (C=O) groups is 2. The van der Waals surface area contributed by atoms with Gasteiger partial charge in [0.1, 0.15) is 6.04 Å². The number of aryl methyl sites for hydroxylation is 2. The van der Waals surface area contributed by atoms with Gasteiger partial charge in [-0.1, -0.05) is 6.07 Å². The predicted octanol–water partition coefficient (Wildman–Crippen LogP) is 1.67. The first-order chi connectivity index (χ1) is 15.4. The molecule has 0 saturated carbocycles. The molecule has 1 aromatic heterocycles. The predicted molar refractivity (Wildman–Crippen MR) is 125 cm³/mol. The molecule has 32 heavy (non-hydrogen) atoms. The fourth-order valence-electron chi connectivity index (χ4n) is 4.64. The molecule has 0 aliphatic carbocycles. The summed E-state index contributed by atoms with van der Waals surface area (Å²) < 4.78 is 1.91. The average molecular weight is 439 g/mol. The summed E-state index contributed by atoms with van der Waals surface area (Å²) in [5.74, 6) is -0.0445. The summed E-state index contributed by atoms with van der Waals surface area (Å²) in [6.07, 6.45) is 2.40. The molecular formula is C24H34N6O2. The second-order valence-corrected chi connectivity index (χ2v) is 8.93. The van der Waals surface area contributed by atoms with Crippen molar-refractivity contribution in [3.05, 3.63) is 47.3 Å². The summed E-state index contributed by atoms with van der Waals surface area (Å²) in [6, 6.07) is 9.58. The van der Waals surface area contributed by atoms with E-state index in [-0.39, 0.29) is 17.9 Å². The average Bonchev–Trinajstić information content (AvgIpc) is 3.43. The van der Waals surface area contributed by atoms with Crippen molar-refractivity contribution in [3.63, 3.8) is 0 Å². The molecule has 1 atom stereocenters. The van der Waals surface area contributed by atoms with Gasteiger partial charge in [-0.05, 0) is 58.0 Å². The van der Waals surface area contributed by atoms with Gasteiger partial charge in [-0.25, -0.2) is 0 Å². The molecule has 2 aromatic rings. The molecule has 2 saturated heterocycles. The van der Waals surface area contributed by atoms with Crippen LogP contribution in [0.5, 0.6) is 0 Å². The number of amides is 2. The number of aromatic nitrogens is 2. The van der Waals surface area contributed by atoms with E-state index in [2.05, 4.69) is 21.4 Å². The quantitative estimate of drug-likeness (QED) is 0.743. The van der Waals surface area contributed by atoms with E-state index in [9.17, 15) is 9.59 Å². The number of carbonyl (C=O) groups excluding carboxylic acids is 2.